The Hall–Kier alpha value is -0.830. The number of hydrogen-bond donors (Lipinski definition) is 1. The second-order valence-electron chi connectivity index (χ2n) is 3.28. The third kappa shape index (κ3) is 2.84. The summed E-state index contributed by atoms with van der Waals surface area (Å²) in [6.45, 7) is 4.04. The van der Waals surface area contributed by atoms with Gasteiger partial charge in [0.25, 0.3) is 0 Å². The van der Waals surface area contributed by atoms with Crippen molar-refractivity contribution in [2.24, 2.45) is 0 Å². The maximum atomic E-state index is 11.1. The van der Waals surface area contributed by atoms with E-state index in [0.29, 0.717) is 5.33 Å². The maximum absolute atomic E-state index is 11.1. The summed E-state index contributed by atoms with van der Waals surface area (Å²) in [4.78, 5) is 11.1. The Morgan fingerprint density at radius 1 is 1.50 bits per heavy atom. The zero-order chi connectivity index (χ0) is 10.6. The molecule has 1 aromatic rings. The first-order valence-electron chi connectivity index (χ1n) is 4.56. The molecule has 1 amide bonds. The summed E-state index contributed by atoms with van der Waals surface area (Å²) in [6.07, 6.45) is 0. The van der Waals surface area contributed by atoms with Crippen LogP contribution in [0.3, 0.4) is 0 Å². The lowest BCUT2D eigenvalue weighted by Crippen LogP contribution is -2.27. The highest BCUT2D eigenvalue weighted by atomic mass is 79.9. The molecule has 0 aliphatic heterocycles. The first kappa shape index (κ1) is 11.2. The number of hydrogen-bond acceptors (Lipinski definition) is 1. The third-order valence-electron chi connectivity index (χ3n) is 2.15. The standard InChI is InChI=1S/C11H14BrNO/c1-8-5-3-4-6-10(8)9(2)13-11(14)7-12/h3-6,9H,7H2,1-2H3,(H,13,14)/t9-/m0/s1. The van der Waals surface area contributed by atoms with E-state index < -0.39 is 0 Å². The minimum absolute atomic E-state index is 0.0146. The van der Waals surface area contributed by atoms with E-state index in [-0.39, 0.29) is 11.9 Å². The van der Waals surface area contributed by atoms with Crippen molar-refractivity contribution >= 4 is 21.8 Å². The number of alkyl halides is 1. The van der Waals surface area contributed by atoms with Gasteiger partial charge in [0, 0.05) is 0 Å². The van der Waals surface area contributed by atoms with Crippen LogP contribution in [0.4, 0.5) is 0 Å². The normalized spacial score (nSPS) is 12.2. The summed E-state index contributed by atoms with van der Waals surface area (Å²) in [5.74, 6) is 0.0146. The van der Waals surface area contributed by atoms with Gasteiger partial charge in [0.2, 0.25) is 5.91 Å². The van der Waals surface area contributed by atoms with Gasteiger partial charge < -0.3 is 5.32 Å². The largest absolute Gasteiger partial charge is 0.349 e. The SMILES string of the molecule is Cc1ccccc1[C@H](C)NC(=O)CBr. The van der Waals surface area contributed by atoms with Crippen molar-refractivity contribution < 1.29 is 4.79 Å². The van der Waals surface area contributed by atoms with Crippen molar-refractivity contribution in [3.63, 3.8) is 0 Å². The molecule has 0 radical (unpaired) electrons. The quantitative estimate of drug-likeness (QED) is 0.827. The number of amides is 1. The average Bonchev–Trinajstić information content (AvgIpc) is 2.18. The Morgan fingerprint density at radius 2 is 2.14 bits per heavy atom. The number of aryl methyl sites for hydroxylation is 1. The van der Waals surface area contributed by atoms with Gasteiger partial charge in [-0.1, -0.05) is 40.2 Å². The Morgan fingerprint density at radius 3 is 2.71 bits per heavy atom. The fraction of sp³-hybridized carbons (Fsp3) is 0.364. The minimum Gasteiger partial charge on any atom is -0.349 e. The molecule has 14 heavy (non-hydrogen) atoms. The molecule has 2 nitrogen and oxygen atoms in total. The second kappa shape index (κ2) is 5.15. The van der Waals surface area contributed by atoms with E-state index in [0.717, 1.165) is 0 Å². The third-order valence-corrected chi connectivity index (χ3v) is 2.66. The number of nitrogens with one attached hydrogen (secondary N) is 1. The molecule has 76 valence electrons. The zero-order valence-electron chi connectivity index (χ0n) is 8.38. The van der Waals surface area contributed by atoms with Gasteiger partial charge in [-0.3, -0.25) is 4.79 Å². The molecule has 3 heteroatoms. The van der Waals surface area contributed by atoms with E-state index in [1.54, 1.807) is 0 Å². The molecule has 1 aromatic carbocycles. The van der Waals surface area contributed by atoms with Crippen molar-refractivity contribution in [1.29, 1.82) is 0 Å². The molecular weight excluding hydrogens is 242 g/mol. The van der Waals surface area contributed by atoms with Crippen molar-refractivity contribution in [2.75, 3.05) is 5.33 Å². The summed E-state index contributed by atoms with van der Waals surface area (Å²) >= 11 is 3.12. The van der Waals surface area contributed by atoms with Crippen LogP contribution in [0.5, 0.6) is 0 Å². The monoisotopic (exact) mass is 255 g/mol. The topological polar surface area (TPSA) is 29.1 Å². The van der Waals surface area contributed by atoms with Crippen LogP contribution in [0, 0.1) is 6.92 Å². The first-order valence-corrected chi connectivity index (χ1v) is 5.68. The van der Waals surface area contributed by atoms with Gasteiger partial charge in [0.1, 0.15) is 0 Å². The van der Waals surface area contributed by atoms with Gasteiger partial charge in [-0.15, -0.1) is 0 Å². The fourth-order valence-electron chi connectivity index (χ4n) is 1.43. The summed E-state index contributed by atoms with van der Waals surface area (Å²) in [5, 5.41) is 3.25. The molecule has 1 N–H and O–H groups in total. The van der Waals surface area contributed by atoms with Crippen molar-refractivity contribution in [1.82, 2.24) is 5.32 Å². The lowest BCUT2D eigenvalue weighted by atomic mass is 10.0. The summed E-state index contributed by atoms with van der Waals surface area (Å²) < 4.78 is 0. The maximum Gasteiger partial charge on any atom is 0.231 e. The second-order valence-corrected chi connectivity index (χ2v) is 3.84. The predicted octanol–water partition coefficient (Wildman–Crippen LogP) is 2.57. The van der Waals surface area contributed by atoms with Crippen molar-refractivity contribution in [2.45, 2.75) is 19.9 Å². The fourth-order valence-corrected chi connectivity index (χ4v) is 1.59. The van der Waals surface area contributed by atoms with Gasteiger partial charge in [0.05, 0.1) is 11.4 Å². The number of halogens is 1. The minimum atomic E-state index is 0.0146. The molecule has 0 saturated heterocycles. The highest BCUT2D eigenvalue weighted by Gasteiger charge is 2.09. The number of carbonyl (C=O) groups excluding carboxylic acids is 1. The molecule has 0 unspecified atom stereocenters. The van der Waals surface area contributed by atoms with Crippen LogP contribution in [-0.4, -0.2) is 11.2 Å². The van der Waals surface area contributed by atoms with Gasteiger partial charge >= 0.3 is 0 Å². The highest BCUT2D eigenvalue weighted by molar-refractivity contribution is 9.09. The molecule has 1 atom stereocenters. The smallest absolute Gasteiger partial charge is 0.231 e. The van der Waals surface area contributed by atoms with Crippen LogP contribution in [-0.2, 0) is 4.79 Å². The van der Waals surface area contributed by atoms with Gasteiger partial charge in [-0.2, -0.15) is 0 Å². The van der Waals surface area contributed by atoms with Crippen molar-refractivity contribution in [3.8, 4) is 0 Å². The molecule has 0 bridgehead atoms. The molecule has 1 rings (SSSR count). The molecule has 0 fully saturated rings. The van der Waals surface area contributed by atoms with Gasteiger partial charge in [-0.25, -0.2) is 0 Å². The Balaban J connectivity index is 2.74. The van der Waals surface area contributed by atoms with E-state index in [2.05, 4.69) is 21.2 Å². The summed E-state index contributed by atoms with van der Waals surface area (Å²) in [7, 11) is 0. The van der Waals surface area contributed by atoms with E-state index in [1.807, 2.05) is 38.1 Å². The van der Waals surface area contributed by atoms with Crippen LogP contribution in [0.25, 0.3) is 0 Å². The molecule has 0 heterocycles. The van der Waals surface area contributed by atoms with Crippen LogP contribution >= 0.6 is 15.9 Å². The van der Waals surface area contributed by atoms with Crippen LogP contribution < -0.4 is 5.32 Å². The number of carbonyl (C=O) groups is 1. The molecule has 0 spiro atoms. The lowest BCUT2D eigenvalue weighted by molar-refractivity contribution is -0.119. The zero-order valence-corrected chi connectivity index (χ0v) is 9.97. The Labute approximate surface area is 92.8 Å². The van der Waals surface area contributed by atoms with Gasteiger partial charge in [0.15, 0.2) is 0 Å². The number of benzene rings is 1. The van der Waals surface area contributed by atoms with E-state index in [1.165, 1.54) is 11.1 Å². The molecule has 0 saturated carbocycles. The number of rotatable bonds is 3. The molecular formula is C11H14BrNO. The van der Waals surface area contributed by atoms with Gasteiger partial charge in [-0.05, 0) is 25.0 Å². The Bertz CT molecular complexity index is 325. The predicted molar refractivity (Wildman–Crippen MR) is 61.5 cm³/mol. The summed E-state index contributed by atoms with van der Waals surface area (Å²) in [6, 6.07) is 8.14. The lowest BCUT2D eigenvalue weighted by Gasteiger charge is -2.15. The molecule has 0 aliphatic rings. The Kier molecular flexibility index (Phi) is 4.14. The first-order chi connectivity index (χ1) is 6.65. The highest BCUT2D eigenvalue weighted by Crippen LogP contribution is 2.16. The average molecular weight is 256 g/mol. The van der Waals surface area contributed by atoms with E-state index in [4.69, 9.17) is 0 Å². The summed E-state index contributed by atoms with van der Waals surface area (Å²) in [5.41, 5.74) is 2.37. The van der Waals surface area contributed by atoms with Crippen LogP contribution in [0.1, 0.15) is 24.1 Å². The molecule has 0 aromatic heterocycles. The van der Waals surface area contributed by atoms with Crippen LogP contribution in [0.15, 0.2) is 24.3 Å². The van der Waals surface area contributed by atoms with Crippen molar-refractivity contribution in [3.05, 3.63) is 35.4 Å². The van der Waals surface area contributed by atoms with E-state index >= 15 is 0 Å². The van der Waals surface area contributed by atoms with Crippen LogP contribution in [0.2, 0.25) is 0 Å². The molecule has 0 aliphatic carbocycles. The van der Waals surface area contributed by atoms with E-state index in [9.17, 15) is 4.79 Å².